The summed E-state index contributed by atoms with van der Waals surface area (Å²) in [4.78, 5) is 0. The van der Waals surface area contributed by atoms with E-state index in [0.717, 1.165) is 35.2 Å². The summed E-state index contributed by atoms with van der Waals surface area (Å²) in [7, 11) is 0. The van der Waals surface area contributed by atoms with Crippen molar-refractivity contribution in [1.29, 1.82) is 0 Å². The zero-order valence-electron chi connectivity index (χ0n) is 9.41. The van der Waals surface area contributed by atoms with Crippen LogP contribution in [0.2, 0.25) is 0 Å². The van der Waals surface area contributed by atoms with Gasteiger partial charge in [-0.25, -0.2) is 0 Å². The van der Waals surface area contributed by atoms with Crippen molar-refractivity contribution >= 4 is 5.71 Å². The number of hydrogen-bond donors (Lipinski definition) is 2. The summed E-state index contributed by atoms with van der Waals surface area (Å²) >= 11 is 0. The molecule has 0 radical (unpaired) electrons. The fourth-order valence-corrected chi connectivity index (χ4v) is 1.57. The molecule has 0 saturated heterocycles. The number of oxime groups is 1. The van der Waals surface area contributed by atoms with Crippen molar-refractivity contribution in [2.45, 2.75) is 33.6 Å². The second-order valence-electron chi connectivity index (χ2n) is 3.91. The van der Waals surface area contributed by atoms with E-state index in [2.05, 4.69) is 5.16 Å². The van der Waals surface area contributed by atoms with Gasteiger partial charge >= 0.3 is 0 Å². The summed E-state index contributed by atoms with van der Waals surface area (Å²) in [5.74, 6) is 0.367. The first-order valence-corrected chi connectivity index (χ1v) is 5.01. The van der Waals surface area contributed by atoms with Gasteiger partial charge in [0.05, 0.1) is 5.71 Å². The average molecular weight is 207 g/mol. The summed E-state index contributed by atoms with van der Waals surface area (Å²) < 4.78 is 0. The van der Waals surface area contributed by atoms with Crippen molar-refractivity contribution < 1.29 is 10.3 Å². The minimum Gasteiger partial charge on any atom is -0.507 e. The summed E-state index contributed by atoms with van der Waals surface area (Å²) in [6.07, 6.45) is 1.57. The molecule has 0 amide bonds. The van der Waals surface area contributed by atoms with E-state index in [1.54, 1.807) is 6.92 Å². The van der Waals surface area contributed by atoms with Crippen molar-refractivity contribution in [3.05, 3.63) is 28.8 Å². The molecule has 15 heavy (non-hydrogen) atoms. The van der Waals surface area contributed by atoms with Gasteiger partial charge in [0.2, 0.25) is 0 Å². The Bertz CT molecular complexity index is 360. The molecule has 3 heteroatoms. The standard InChI is InChI=1S/C12H17NO2/c1-8-6-11(5-4-10(3)13-15)7-9(2)12(8)14/h6-7,14-15H,4-5H2,1-3H3. The van der Waals surface area contributed by atoms with Gasteiger partial charge in [-0.05, 0) is 50.3 Å². The van der Waals surface area contributed by atoms with Gasteiger partial charge in [-0.2, -0.15) is 0 Å². The van der Waals surface area contributed by atoms with Crippen molar-refractivity contribution in [3.8, 4) is 5.75 Å². The van der Waals surface area contributed by atoms with Crippen LogP contribution in [-0.4, -0.2) is 16.0 Å². The molecular weight excluding hydrogens is 190 g/mol. The van der Waals surface area contributed by atoms with E-state index in [1.807, 2.05) is 26.0 Å². The van der Waals surface area contributed by atoms with E-state index in [-0.39, 0.29) is 0 Å². The summed E-state index contributed by atoms with van der Waals surface area (Å²) in [5.41, 5.74) is 3.66. The van der Waals surface area contributed by atoms with Crippen molar-refractivity contribution in [1.82, 2.24) is 0 Å². The van der Waals surface area contributed by atoms with Gasteiger partial charge in [0, 0.05) is 0 Å². The molecular formula is C12H17NO2. The first-order chi connectivity index (χ1) is 7.04. The zero-order chi connectivity index (χ0) is 11.4. The minimum atomic E-state index is 0.367. The Morgan fingerprint density at radius 3 is 2.27 bits per heavy atom. The molecule has 0 atom stereocenters. The smallest absolute Gasteiger partial charge is 0.121 e. The van der Waals surface area contributed by atoms with E-state index >= 15 is 0 Å². The van der Waals surface area contributed by atoms with Crippen LogP contribution in [0.4, 0.5) is 0 Å². The maximum Gasteiger partial charge on any atom is 0.121 e. The third kappa shape index (κ3) is 2.98. The number of aromatic hydroxyl groups is 1. The van der Waals surface area contributed by atoms with Crippen LogP contribution in [-0.2, 0) is 6.42 Å². The Hall–Kier alpha value is -1.51. The highest BCUT2D eigenvalue weighted by molar-refractivity contribution is 5.81. The first-order valence-electron chi connectivity index (χ1n) is 5.01. The van der Waals surface area contributed by atoms with E-state index < -0.39 is 0 Å². The third-order valence-corrected chi connectivity index (χ3v) is 2.50. The number of nitrogens with zero attached hydrogens (tertiary/aromatic N) is 1. The fraction of sp³-hybridized carbons (Fsp3) is 0.417. The van der Waals surface area contributed by atoms with Crippen LogP contribution in [0.25, 0.3) is 0 Å². The molecule has 0 fully saturated rings. The molecule has 1 aromatic rings. The van der Waals surface area contributed by atoms with Crippen LogP contribution >= 0.6 is 0 Å². The molecule has 1 aromatic carbocycles. The monoisotopic (exact) mass is 207 g/mol. The Balaban J connectivity index is 2.79. The lowest BCUT2D eigenvalue weighted by Crippen LogP contribution is -1.96. The van der Waals surface area contributed by atoms with Crippen LogP contribution in [0.3, 0.4) is 0 Å². The number of hydrogen-bond acceptors (Lipinski definition) is 3. The summed E-state index contributed by atoms with van der Waals surface area (Å²) in [6, 6.07) is 3.93. The fourth-order valence-electron chi connectivity index (χ4n) is 1.57. The predicted octanol–water partition coefficient (Wildman–Crippen LogP) is 2.79. The van der Waals surface area contributed by atoms with Crippen LogP contribution in [0.5, 0.6) is 5.75 Å². The van der Waals surface area contributed by atoms with Gasteiger partial charge in [-0.15, -0.1) is 0 Å². The molecule has 0 aliphatic rings. The molecule has 0 heterocycles. The first kappa shape index (κ1) is 11.6. The van der Waals surface area contributed by atoms with Crippen molar-refractivity contribution in [2.24, 2.45) is 5.16 Å². The number of phenolic OH excluding ortho intramolecular Hbond substituents is 1. The van der Waals surface area contributed by atoms with Crippen LogP contribution in [0.1, 0.15) is 30.0 Å². The molecule has 1 rings (SSSR count). The van der Waals surface area contributed by atoms with Gasteiger partial charge < -0.3 is 10.3 Å². The molecule has 0 aliphatic carbocycles. The molecule has 0 saturated carbocycles. The molecule has 0 aromatic heterocycles. The highest BCUT2D eigenvalue weighted by atomic mass is 16.4. The van der Waals surface area contributed by atoms with Crippen molar-refractivity contribution in [2.75, 3.05) is 0 Å². The minimum absolute atomic E-state index is 0.367. The zero-order valence-corrected chi connectivity index (χ0v) is 9.41. The Kier molecular flexibility index (Phi) is 3.72. The lowest BCUT2D eigenvalue weighted by atomic mass is 10.0. The third-order valence-electron chi connectivity index (χ3n) is 2.50. The lowest BCUT2D eigenvalue weighted by molar-refractivity contribution is 0.317. The van der Waals surface area contributed by atoms with E-state index in [0.29, 0.717) is 5.75 Å². The lowest BCUT2D eigenvalue weighted by Gasteiger charge is -2.07. The molecule has 0 unspecified atom stereocenters. The molecule has 2 N–H and O–H groups in total. The van der Waals surface area contributed by atoms with Crippen LogP contribution in [0, 0.1) is 13.8 Å². The molecule has 82 valence electrons. The Labute approximate surface area is 90.1 Å². The number of rotatable bonds is 3. The topological polar surface area (TPSA) is 52.8 Å². The second-order valence-corrected chi connectivity index (χ2v) is 3.91. The SMILES string of the molecule is CC(CCc1cc(C)c(O)c(C)c1)=NO. The molecule has 3 nitrogen and oxygen atoms in total. The van der Waals surface area contributed by atoms with E-state index in [1.165, 1.54) is 0 Å². The van der Waals surface area contributed by atoms with E-state index in [4.69, 9.17) is 5.21 Å². The van der Waals surface area contributed by atoms with Crippen LogP contribution < -0.4 is 0 Å². The largest absolute Gasteiger partial charge is 0.507 e. The van der Waals surface area contributed by atoms with Gasteiger partial charge in [0.25, 0.3) is 0 Å². The molecule has 0 spiro atoms. The highest BCUT2D eigenvalue weighted by Crippen LogP contribution is 2.23. The summed E-state index contributed by atoms with van der Waals surface area (Å²) in [5, 5.41) is 21.2. The average Bonchev–Trinajstić information content (AvgIpc) is 2.22. The summed E-state index contributed by atoms with van der Waals surface area (Å²) in [6.45, 7) is 5.57. The quantitative estimate of drug-likeness (QED) is 0.455. The van der Waals surface area contributed by atoms with Gasteiger partial charge in [0.15, 0.2) is 0 Å². The van der Waals surface area contributed by atoms with Gasteiger partial charge in [-0.1, -0.05) is 17.3 Å². The maximum atomic E-state index is 9.59. The second kappa shape index (κ2) is 4.82. The molecule has 0 aliphatic heterocycles. The Morgan fingerprint density at radius 1 is 1.27 bits per heavy atom. The van der Waals surface area contributed by atoms with Gasteiger partial charge in [0.1, 0.15) is 5.75 Å². The van der Waals surface area contributed by atoms with Crippen LogP contribution in [0.15, 0.2) is 17.3 Å². The highest BCUT2D eigenvalue weighted by Gasteiger charge is 2.03. The molecule has 0 bridgehead atoms. The number of aryl methyl sites for hydroxylation is 3. The number of benzene rings is 1. The Morgan fingerprint density at radius 2 is 1.80 bits per heavy atom. The van der Waals surface area contributed by atoms with Gasteiger partial charge in [-0.3, -0.25) is 0 Å². The number of phenols is 1. The predicted molar refractivity (Wildman–Crippen MR) is 60.8 cm³/mol. The van der Waals surface area contributed by atoms with E-state index in [9.17, 15) is 5.11 Å². The normalized spacial score (nSPS) is 11.8. The maximum absolute atomic E-state index is 9.59. The van der Waals surface area contributed by atoms with Crippen molar-refractivity contribution in [3.63, 3.8) is 0 Å².